The van der Waals surface area contributed by atoms with Gasteiger partial charge in [0.2, 0.25) is 6.29 Å². The molecular formula is C13H17N3O3. The van der Waals surface area contributed by atoms with E-state index in [4.69, 9.17) is 14.0 Å². The normalized spacial score (nSPS) is 11.1. The first-order chi connectivity index (χ1) is 9.33. The third-order valence-corrected chi connectivity index (χ3v) is 2.41. The van der Waals surface area contributed by atoms with Crippen LogP contribution in [0.15, 0.2) is 29.0 Å². The Kier molecular flexibility index (Phi) is 5.00. The van der Waals surface area contributed by atoms with E-state index >= 15 is 0 Å². The molecule has 0 saturated heterocycles. The molecule has 2 aromatic heterocycles. The molecule has 6 nitrogen and oxygen atoms in total. The maximum atomic E-state index is 5.40. The Morgan fingerprint density at radius 2 is 2.05 bits per heavy atom. The standard InChI is InChI=1S/C13H17N3O3/c1-3-17-13(18-4-2)12-15-11(16-19-12)8-10-6-5-7-14-9-10/h5-7,9,13H,3-4,8H2,1-2H3. The van der Waals surface area contributed by atoms with Crippen molar-refractivity contribution in [3.05, 3.63) is 41.8 Å². The number of pyridine rings is 1. The molecule has 0 saturated carbocycles. The van der Waals surface area contributed by atoms with Gasteiger partial charge in [-0.15, -0.1) is 0 Å². The lowest BCUT2D eigenvalue weighted by molar-refractivity contribution is -0.155. The zero-order valence-corrected chi connectivity index (χ0v) is 11.1. The summed E-state index contributed by atoms with van der Waals surface area (Å²) in [6, 6.07) is 3.84. The van der Waals surface area contributed by atoms with Crippen molar-refractivity contribution in [1.29, 1.82) is 0 Å². The van der Waals surface area contributed by atoms with E-state index in [1.54, 1.807) is 12.4 Å². The second kappa shape index (κ2) is 6.96. The van der Waals surface area contributed by atoms with Gasteiger partial charge in [0.05, 0.1) is 0 Å². The lowest BCUT2D eigenvalue weighted by Gasteiger charge is -2.11. The first kappa shape index (κ1) is 13.6. The van der Waals surface area contributed by atoms with Crippen LogP contribution in [0, 0.1) is 0 Å². The molecule has 0 spiro atoms. The first-order valence-corrected chi connectivity index (χ1v) is 6.28. The summed E-state index contributed by atoms with van der Waals surface area (Å²) in [5.74, 6) is 0.940. The van der Waals surface area contributed by atoms with Gasteiger partial charge in [-0.3, -0.25) is 4.98 Å². The number of nitrogens with zero attached hydrogens (tertiary/aromatic N) is 3. The molecule has 102 valence electrons. The van der Waals surface area contributed by atoms with Crippen LogP contribution in [0.4, 0.5) is 0 Å². The minimum Gasteiger partial charge on any atom is -0.345 e. The Labute approximate surface area is 111 Å². The van der Waals surface area contributed by atoms with E-state index in [-0.39, 0.29) is 0 Å². The van der Waals surface area contributed by atoms with Gasteiger partial charge in [-0.2, -0.15) is 4.98 Å². The summed E-state index contributed by atoms with van der Waals surface area (Å²) in [4.78, 5) is 8.33. The lowest BCUT2D eigenvalue weighted by Crippen LogP contribution is -2.09. The van der Waals surface area contributed by atoms with Gasteiger partial charge in [-0.05, 0) is 25.5 Å². The zero-order chi connectivity index (χ0) is 13.5. The predicted octanol–water partition coefficient (Wildman–Crippen LogP) is 2.13. The lowest BCUT2D eigenvalue weighted by atomic mass is 10.2. The Hall–Kier alpha value is -1.79. The number of ether oxygens (including phenoxy) is 2. The van der Waals surface area contributed by atoms with Crippen molar-refractivity contribution in [2.24, 2.45) is 0 Å². The van der Waals surface area contributed by atoms with Crippen LogP contribution >= 0.6 is 0 Å². The Morgan fingerprint density at radius 1 is 1.26 bits per heavy atom. The van der Waals surface area contributed by atoms with E-state index < -0.39 is 6.29 Å². The van der Waals surface area contributed by atoms with Gasteiger partial charge in [0, 0.05) is 32.0 Å². The van der Waals surface area contributed by atoms with Crippen LogP contribution in [0.25, 0.3) is 0 Å². The molecule has 19 heavy (non-hydrogen) atoms. The third kappa shape index (κ3) is 3.84. The quantitative estimate of drug-likeness (QED) is 0.713. The van der Waals surface area contributed by atoms with Gasteiger partial charge in [-0.25, -0.2) is 0 Å². The molecule has 2 heterocycles. The van der Waals surface area contributed by atoms with Crippen molar-refractivity contribution in [3.8, 4) is 0 Å². The summed E-state index contributed by atoms with van der Waals surface area (Å²) in [6.07, 6.45) is 3.48. The largest absolute Gasteiger partial charge is 0.345 e. The number of rotatable bonds is 7. The monoisotopic (exact) mass is 263 g/mol. The molecule has 0 radical (unpaired) electrons. The van der Waals surface area contributed by atoms with Crippen molar-refractivity contribution in [2.75, 3.05) is 13.2 Å². The van der Waals surface area contributed by atoms with Gasteiger partial charge in [0.1, 0.15) is 0 Å². The molecule has 6 heteroatoms. The second-order valence-corrected chi connectivity index (χ2v) is 3.83. The first-order valence-electron chi connectivity index (χ1n) is 6.28. The van der Waals surface area contributed by atoms with Crippen molar-refractivity contribution in [3.63, 3.8) is 0 Å². The summed E-state index contributed by atoms with van der Waals surface area (Å²) in [5.41, 5.74) is 1.03. The van der Waals surface area contributed by atoms with Gasteiger partial charge >= 0.3 is 0 Å². The molecule has 0 N–H and O–H groups in total. The average molecular weight is 263 g/mol. The van der Waals surface area contributed by atoms with E-state index in [0.29, 0.717) is 31.3 Å². The van der Waals surface area contributed by atoms with Crippen LogP contribution in [0.2, 0.25) is 0 Å². The van der Waals surface area contributed by atoms with E-state index in [9.17, 15) is 0 Å². The van der Waals surface area contributed by atoms with Crippen LogP contribution in [0.5, 0.6) is 0 Å². The maximum Gasteiger partial charge on any atom is 0.283 e. The molecule has 0 atom stereocenters. The molecule has 0 aromatic carbocycles. The van der Waals surface area contributed by atoms with Gasteiger partial charge < -0.3 is 14.0 Å². The number of hydrogen-bond donors (Lipinski definition) is 0. The second-order valence-electron chi connectivity index (χ2n) is 3.83. The highest BCUT2D eigenvalue weighted by Gasteiger charge is 2.19. The smallest absolute Gasteiger partial charge is 0.283 e. The van der Waals surface area contributed by atoms with Crippen LogP contribution in [0.3, 0.4) is 0 Å². The van der Waals surface area contributed by atoms with Crippen molar-refractivity contribution in [2.45, 2.75) is 26.6 Å². The van der Waals surface area contributed by atoms with Crippen LogP contribution < -0.4 is 0 Å². The highest BCUT2D eigenvalue weighted by molar-refractivity contribution is 5.13. The molecule has 0 amide bonds. The molecule has 0 aliphatic rings. The van der Waals surface area contributed by atoms with Crippen molar-refractivity contribution >= 4 is 0 Å². The van der Waals surface area contributed by atoms with Gasteiger partial charge in [0.25, 0.3) is 5.89 Å². The fraction of sp³-hybridized carbons (Fsp3) is 0.462. The molecular weight excluding hydrogens is 246 g/mol. The molecule has 0 aliphatic heterocycles. The van der Waals surface area contributed by atoms with E-state index in [2.05, 4.69) is 15.1 Å². The summed E-state index contributed by atoms with van der Waals surface area (Å²) in [6.45, 7) is 4.81. The van der Waals surface area contributed by atoms with Crippen LogP contribution in [-0.4, -0.2) is 28.3 Å². The Bertz CT molecular complexity index is 481. The van der Waals surface area contributed by atoms with Crippen LogP contribution in [0.1, 0.15) is 37.4 Å². The fourth-order valence-corrected chi connectivity index (χ4v) is 1.61. The van der Waals surface area contributed by atoms with E-state index in [1.807, 2.05) is 26.0 Å². The molecule has 2 aromatic rings. The molecule has 0 aliphatic carbocycles. The number of aromatic nitrogens is 3. The zero-order valence-electron chi connectivity index (χ0n) is 11.1. The van der Waals surface area contributed by atoms with Crippen molar-refractivity contribution in [1.82, 2.24) is 15.1 Å². The summed E-state index contributed by atoms with van der Waals surface area (Å²) < 4.78 is 16.0. The highest BCUT2D eigenvalue weighted by atomic mass is 16.7. The minimum absolute atomic E-state index is 0.350. The molecule has 0 unspecified atom stereocenters. The minimum atomic E-state index is -0.592. The molecule has 2 rings (SSSR count). The predicted molar refractivity (Wildman–Crippen MR) is 67.3 cm³/mol. The van der Waals surface area contributed by atoms with E-state index in [0.717, 1.165) is 5.56 Å². The maximum absolute atomic E-state index is 5.40. The van der Waals surface area contributed by atoms with Crippen molar-refractivity contribution < 1.29 is 14.0 Å². The Morgan fingerprint density at radius 3 is 2.68 bits per heavy atom. The number of hydrogen-bond acceptors (Lipinski definition) is 6. The van der Waals surface area contributed by atoms with Crippen LogP contribution in [-0.2, 0) is 15.9 Å². The molecule has 0 fully saturated rings. The summed E-state index contributed by atoms with van der Waals surface area (Å²) >= 11 is 0. The van der Waals surface area contributed by atoms with Gasteiger partial charge in [0.15, 0.2) is 5.82 Å². The molecule has 0 bridgehead atoms. The SMILES string of the molecule is CCOC(OCC)c1nc(Cc2cccnc2)no1. The Balaban J connectivity index is 2.05. The summed E-state index contributed by atoms with van der Waals surface area (Å²) in [5, 5.41) is 3.92. The summed E-state index contributed by atoms with van der Waals surface area (Å²) in [7, 11) is 0. The van der Waals surface area contributed by atoms with Gasteiger partial charge in [-0.1, -0.05) is 11.2 Å². The average Bonchev–Trinajstić information content (AvgIpc) is 2.88. The highest BCUT2D eigenvalue weighted by Crippen LogP contribution is 2.17. The topological polar surface area (TPSA) is 70.3 Å². The third-order valence-electron chi connectivity index (χ3n) is 2.41. The fourth-order valence-electron chi connectivity index (χ4n) is 1.61. The van der Waals surface area contributed by atoms with E-state index in [1.165, 1.54) is 0 Å².